The second kappa shape index (κ2) is 5.35. The highest BCUT2D eigenvalue weighted by atomic mass is 35.5. The molecule has 1 aromatic heterocycles. The molecule has 0 fully saturated rings. The molecule has 1 aromatic rings. The SMILES string of the molecule is C=CCCC(O)c1ncc(Cl)cc1Cl. The van der Waals surface area contributed by atoms with Gasteiger partial charge in [-0.05, 0) is 18.9 Å². The minimum atomic E-state index is -0.655. The van der Waals surface area contributed by atoms with Crippen molar-refractivity contribution in [1.82, 2.24) is 4.98 Å². The molecule has 0 saturated heterocycles. The molecule has 1 atom stereocenters. The van der Waals surface area contributed by atoms with Gasteiger partial charge in [0.05, 0.1) is 21.8 Å². The van der Waals surface area contributed by atoms with Crippen LogP contribution in [-0.2, 0) is 0 Å². The van der Waals surface area contributed by atoms with Gasteiger partial charge in [-0.3, -0.25) is 4.98 Å². The van der Waals surface area contributed by atoms with Gasteiger partial charge in [0.15, 0.2) is 0 Å². The van der Waals surface area contributed by atoms with Crippen LogP contribution in [0.25, 0.3) is 0 Å². The van der Waals surface area contributed by atoms with E-state index in [4.69, 9.17) is 23.2 Å². The van der Waals surface area contributed by atoms with Gasteiger partial charge in [-0.15, -0.1) is 6.58 Å². The topological polar surface area (TPSA) is 33.1 Å². The molecule has 1 N–H and O–H groups in total. The fraction of sp³-hybridized carbons (Fsp3) is 0.300. The van der Waals surface area contributed by atoms with Crippen molar-refractivity contribution in [3.05, 3.63) is 40.7 Å². The second-order valence-corrected chi connectivity index (χ2v) is 3.75. The lowest BCUT2D eigenvalue weighted by Gasteiger charge is -2.10. The average molecular weight is 232 g/mol. The number of halogens is 2. The number of aliphatic hydroxyl groups is 1. The summed E-state index contributed by atoms with van der Waals surface area (Å²) in [5, 5.41) is 10.6. The lowest BCUT2D eigenvalue weighted by Crippen LogP contribution is -2.00. The Morgan fingerprint density at radius 1 is 1.57 bits per heavy atom. The van der Waals surface area contributed by atoms with Gasteiger partial charge in [0.2, 0.25) is 0 Å². The number of pyridine rings is 1. The van der Waals surface area contributed by atoms with Crippen LogP contribution in [-0.4, -0.2) is 10.1 Å². The van der Waals surface area contributed by atoms with E-state index < -0.39 is 6.10 Å². The van der Waals surface area contributed by atoms with E-state index in [1.165, 1.54) is 6.20 Å². The van der Waals surface area contributed by atoms with Crippen molar-refractivity contribution in [2.24, 2.45) is 0 Å². The third-order valence-electron chi connectivity index (χ3n) is 1.80. The van der Waals surface area contributed by atoms with Crippen LogP contribution in [0.2, 0.25) is 10.0 Å². The molecule has 0 saturated carbocycles. The van der Waals surface area contributed by atoms with Crippen LogP contribution in [0.3, 0.4) is 0 Å². The normalized spacial score (nSPS) is 12.5. The van der Waals surface area contributed by atoms with E-state index in [0.29, 0.717) is 22.2 Å². The first kappa shape index (κ1) is 11.5. The standard InChI is InChI=1S/C10H11Cl2NO/c1-2-3-4-9(14)10-8(12)5-7(11)6-13-10/h2,5-6,9,14H,1,3-4H2. The molecule has 1 unspecified atom stereocenters. The smallest absolute Gasteiger partial charge is 0.0977 e. The van der Waals surface area contributed by atoms with Crippen molar-refractivity contribution in [3.8, 4) is 0 Å². The Labute approximate surface area is 93.2 Å². The molecule has 76 valence electrons. The highest BCUT2D eigenvalue weighted by Crippen LogP contribution is 2.26. The van der Waals surface area contributed by atoms with Crippen LogP contribution in [0, 0.1) is 0 Å². The number of rotatable bonds is 4. The molecule has 1 rings (SSSR count). The number of aromatic nitrogens is 1. The largest absolute Gasteiger partial charge is 0.387 e. The van der Waals surface area contributed by atoms with Crippen molar-refractivity contribution in [1.29, 1.82) is 0 Å². The fourth-order valence-electron chi connectivity index (χ4n) is 1.08. The lowest BCUT2D eigenvalue weighted by atomic mass is 10.1. The van der Waals surface area contributed by atoms with Gasteiger partial charge >= 0.3 is 0 Å². The Morgan fingerprint density at radius 2 is 2.29 bits per heavy atom. The third-order valence-corrected chi connectivity index (χ3v) is 2.31. The zero-order chi connectivity index (χ0) is 10.6. The van der Waals surface area contributed by atoms with E-state index >= 15 is 0 Å². The van der Waals surface area contributed by atoms with E-state index in [1.54, 1.807) is 12.1 Å². The van der Waals surface area contributed by atoms with Gasteiger partial charge in [-0.1, -0.05) is 29.3 Å². The summed E-state index contributed by atoms with van der Waals surface area (Å²) in [6.07, 6.45) is 3.85. The highest BCUT2D eigenvalue weighted by Gasteiger charge is 2.12. The van der Waals surface area contributed by atoms with Crippen molar-refractivity contribution in [2.45, 2.75) is 18.9 Å². The maximum absolute atomic E-state index is 9.69. The summed E-state index contributed by atoms with van der Waals surface area (Å²) < 4.78 is 0. The molecular formula is C10H11Cl2NO. The average Bonchev–Trinajstić information content (AvgIpc) is 2.14. The number of hydrogen-bond acceptors (Lipinski definition) is 2. The summed E-state index contributed by atoms with van der Waals surface area (Å²) in [6, 6.07) is 1.57. The summed E-state index contributed by atoms with van der Waals surface area (Å²) >= 11 is 11.6. The highest BCUT2D eigenvalue weighted by molar-refractivity contribution is 6.34. The number of hydrogen-bond donors (Lipinski definition) is 1. The summed E-state index contributed by atoms with van der Waals surface area (Å²) in [7, 11) is 0. The molecule has 0 aromatic carbocycles. The molecule has 0 aliphatic heterocycles. The zero-order valence-electron chi connectivity index (χ0n) is 7.58. The van der Waals surface area contributed by atoms with Gasteiger partial charge in [0.25, 0.3) is 0 Å². The first-order valence-electron chi connectivity index (χ1n) is 4.25. The quantitative estimate of drug-likeness (QED) is 0.807. The van der Waals surface area contributed by atoms with Crippen LogP contribution >= 0.6 is 23.2 Å². The third kappa shape index (κ3) is 2.98. The molecule has 1 heterocycles. The van der Waals surface area contributed by atoms with E-state index in [-0.39, 0.29) is 0 Å². The van der Waals surface area contributed by atoms with Gasteiger partial charge in [0.1, 0.15) is 0 Å². The zero-order valence-corrected chi connectivity index (χ0v) is 9.09. The van der Waals surface area contributed by atoms with Crippen molar-refractivity contribution in [2.75, 3.05) is 0 Å². The Kier molecular flexibility index (Phi) is 4.39. The maximum atomic E-state index is 9.69. The van der Waals surface area contributed by atoms with E-state index in [0.717, 1.165) is 6.42 Å². The molecule has 0 radical (unpaired) electrons. The van der Waals surface area contributed by atoms with Gasteiger partial charge < -0.3 is 5.11 Å². The summed E-state index contributed by atoms with van der Waals surface area (Å²) in [5.41, 5.74) is 0.470. The molecule has 0 bridgehead atoms. The first-order chi connectivity index (χ1) is 6.65. The Morgan fingerprint density at radius 3 is 2.86 bits per heavy atom. The Balaban J connectivity index is 2.78. The van der Waals surface area contributed by atoms with Gasteiger partial charge in [0, 0.05) is 6.20 Å². The van der Waals surface area contributed by atoms with Gasteiger partial charge in [-0.25, -0.2) is 0 Å². The van der Waals surface area contributed by atoms with Crippen molar-refractivity contribution < 1.29 is 5.11 Å². The lowest BCUT2D eigenvalue weighted by molar-refractivity contribution is 0.164. The van der Waals surface area contributed by atoms with E-state index in [1.807, 2.05) is 0 Å². The monoisotopic (exact) mass is 231 g/mol. The van der Waals surface area contributed by atoms with Crippen LogP contribution in [0.4, 0.5) is 0 Å². The summed E-state index contributed by atoms with van der Waals surface area (Å²) in [6.45, 7) is 3.58. The Bertz CT molecular complexity index is 328. The maximum Gasteiger partial charge on any atom is 0.0977 e. The minimum Gasteiger partial charge on any atom is -0.387 e. The molecule has 0 spiro atoms. The van der Waals surface area contributed by atoms with Gasteiger partial charge in [-0.2, -0.15) is 0 Å². The minimum absolute atomic E-state index is 0.397. The van der Waals surface area contributed by atoms with Crippen LogP contribution in [0.1, 0.15) is 24.6 Å². The molecule has 0 aliphatic rings. The summed E-state index contributed by atoms with van der Waals surface area (Å²) in [5.74, 6) is 0. The Hall–Kier alpha value is -0.570. The predicted octanol–water partition coefficient (Wildman–Crippen LogP) is 3.39. The molecule has 0 amide bonds. The number of allylic oxidation sites excluding steroid dienone is 1. The van der Waals surface area contributed by atoms with Crippen LogP contribution in [0.15, 0.2) is 24.9 Å². The number of aliphatic hydroxyl groups excluding tert-OH is 1. The molecule has 0 aliphatic carbocycles. The number of nitrogens with zero attached hydrogens (tertiary/aromatic N) is 1. The van der Waals surface area contributed by atoms with E-state index in [9.17, 15) is 5.11 Å². The van der Waals surface area contributed by atoms with Crippen LogP contribution < -0.4 is 0 Å². The molecule has 2 nitrogen and oxygen atoms in total. The summed E-state index contributed by atoms with van der Waals surface area (Å²) in [4.78, 5) is 3.98. The van der Waals surface area contributed by atoms with Crippen molar-refractivity contribution in [3.63, 3.8) is 0 Å². The van der Waals surface area contributed by atoms with E-state index in [2.05, 4.69) is 11.6 Å². The van der Waals surface area contributed by atoms with Crippen molar-refractivity contribution >= 4 is 23.2 Å². The predicted molar refractivity (Wildman–Crippen MR) is 58.6 cm³/mol. The second-order valence-electron chi connectivity index (χ2n) is 2.90. The molecular weight excluding hydrogens is 221 g/mol. The molecule has 4 heteroatoms. The fourth-order valence-corrected chi connectivity index (χ4v) is 1.59. The van der Waals surface area contributed by atoms with Crippen LogP contribution in [0.5, 0.6) is 0 Å². The first-order valence-corrected chi connectivity index (χ1v) is 5.00. The molecule has 14 heavy (non-hydrogen) atoms.